The van der Waals surface area contributed by atoms with Crippen LogP contribution < -0.4 is 5.73 Å². The molecule has 1 aromatic carbocycles. The third-order valence-electron chi connectivity index (χ3n) is 1.74. The number of hydrogen-bond donors (Lipinski definition) is 1. The van der Waals surface area contributed by atoms with Crippen molar-refractivity contribution in [2.24, 2.45) is 5.73 Å². The van der Waals surface area contributed by atoms with Crippen molar-refractivity contribution in [3.05, 3.63) is 35.6 Å². The first-order valence-corrected chi connectivity index (χ1v) is 3.89. The van der Waals surface area contributed by atoms with E-state index in [1.54, 1.807) is 6.07 Å². The van der Waals surface area contributed by atoms with E-state index in [-0.39, 0.29) is 5.56 Å². The van der Waals surface area contributed by atoms with Crippen LogP contribution in [0.4, 0.5) is 13.2 Å². The monoisotopic (exact) mass is 189 g/mol. The molecule has 0 fully saturated rings. The Morgan fingerprint density at radius 3 is 2.38 bits per heavy atom. The summed E-state index contributed by atoms with van der Waals surface area (Å²) in [5.41, 5.74) is 5.52. The summed E-state index contributed by atoms with van der Waals surface area (Å²) in [6.07, 6.45) is -3.02. The molecule has 2 N–H and O–H groups in total. The van der Waals surface area contributed by atoms with Crippen molar-refractivity contribution < 1.29 is 13.2 Å². The predicted octanol–water partition coefficient (Wildman–Crippen LogP) is 2.48. The zero-order valence-electron chi connectivity index (χ0n) is 6.88. The molecule has 1 nitrogen and oxygen atoms in total. The SMILES string of the molecule is N[C@H](CC(F)F)c1ccccc1F. The van der Waals surface area contributed by atoms with Crippen molar-refractivity contribution in [3.8, 4) is 0 Å². The molecular weight excluding hydrogens is 179 g/mol. The van der Waals surface area contributed by atoms with Gasteiger partial charge < -0.3 is 5.73 Å². The topological polar surface area (TPSA) is 26.0 Å². The third kappa shape index (κ3) is 2.73. The van der Waals surface area contributed by atoms with E-state index in [2.05, 4.69) is 0 Å². The highest BCUT2D eigenvalue weighted by molar-refractivity contribution is 5.20. The molecule has 0 unspecified atom stereocenters. The van der Waals surface area contributed by atoms with Gasteiger partial charge in [-0.1, -0.05) is 18.2 Å². The number of halogens is 3. The summed E-state index contributed by atoms with van der Waals surface area (Å²) >= 11 is 0. The summed E-state index contributed by atoms with van der Waals surface area (Å²) in [7, 11) is 0. The van der Waals surface area contributed by atoms with Gasteiger partial charge in [-0.3, -0.25) is 0 Å². The van der Waals surface area contributed by atoms with Crippen LogP contribution in [-0.4, -0.2) is 6.43 Å². The first-order valence-electron chi connectivity index (χ1n) is 3.89. The Kier molecular flexibility index (Phi) is 3.31. The molecule has 0 saturated heterocycles. The first-order chi connectivity index (χ1) is 6.11. The molecule has 0 aliphatic heterocycles. The van der Waals surface area contributed by atoms with Gasteiger partial charge in [-0.2, -0.15) is 0 Å². The fraction of sp³-hybridized carbons (Fsp3) is 0.333. The maximum absolute atomic E-state index is 13.0. The molecule has 0 aromatic heterocycles. The van der Waals surface area contributed by atoms with Gasteiger partial charge in [0.15, 0.2) is 0 Å². The Labute approximate surface area is 74.4 Å². The lowest BCUT2D eigenvalue weighted by molar-refractivity contribution is 0.128. The molecule has 1 aromatic rings. The summed E-state index contributed by atoms with van der Waals surface area (Å²) in [5, 5.41) is 0. The smallest absolute Gasteiger partial charge is 0.240 e. The summed E-state index contributed by atoms with van der Waals surface area (Å²) < 4.78 is 36.8. The Hall–Kier alpha value is -1.03. The van der Waals surface area contributed by atoms with E-state index < -0.39 is 24.7 Å². The van der Waals surface area contributed by atoms with Crippen LogP contribution in [0.1, 0.15) is 18.0 Å². The third-order valence-corrected chi connectivity index (χ3v) is 1.74. The van der Waals surface area contributed by atoms with Gasteiger partial charge in [0.25, 0.3) is 0 Å². The van der Waals surface area contributed by atoms with Crippen molar-refractivity contribution in [3.63, 3.8) is 0 Å². The van der Waals surface area contributed by atoms with Crippen molar-refractivity contribution in [2.45, 2.75) is 18.9 Å². The van der Waals surface area contributed by atoms with Gasteiger partial charge in [0.05, 0.1) is 0 Å². The summed E-state index contributed by atoms with van der Waals surface area (Å²) in [4.78, 5) is 0. The normalized spacial score (nSPS) is 13.3. The zero-order chi connectivity index (χ0) is 9.84. The molecule has 0 saturated carbocycles. The van der Waals surface area contributed by atoms with Crippen molar-refractivity contribution in [1.82, 2.24) is 0 Å². The standard InChI is InChI=1S/C9H10F3N/c10-7-4-2-1-3-6(7)8(13)5-9(11)12/h1-4,8-9H,5,13H2/t8-/m1/s1. The van der Waals surface area contributed by atoms with Crippen LogP contribution in [0.15, 0.2) is 24.3 Å². The van der Waals surface area contributed by atoms with Gasteiger partial charge in [0, 0.05) is 18.0 Å². The lowest BCUT2D eigenvalue weighted by atomic mass is 10.0. The van der Waals surface area contributed by atoms with Crippen LogP contribution in [0, 0.1) is 5.82 Å². The molecule has 0 aliphatic carbocycles. The maximum Gasteiger partial charge on any atom is 0.240 e. The minimum absolute atomic E-state index is 0.141. The Balaban J connectivity index is 2.76. The van der Waals surface area contributed by atoms with E-state index >= 15 is 0 Å². The maximum atomic E-state index is 13.0. The van der Waals surface area contributed by atoms with Crippen LogP contribution in [0.2, 0.25) is 0 Å². The molecule has 1 atom stereocenters. The molecule has 1 rings (SSSR count). The number of alkyl halides is 2. The van der Waals surface area contributed by atoms with Gasteiger partial charge in [0.2, 0.25) is 6.43 Å². The second-order valence-electron chi connectivity index (χ2n) is 2.75. The average Bonchev–Trinajstić information content (AvgIpc) is 2.03. The van der Waals surface area contributed by atoms with Crippen LogP contribution in [0.25, 0.3) is 0 Å². The van der Waals surface area contributed by atoms with Gasteiger partial charge >= 0.3 is 0 Å². The molecule has 0 aliphatic rings. The molecule has 0 heterocycles. The molecule has 0 bridgehead atoms. The number of benzene rings is 1. The number of nitrogens with two attached hydrogens (primary N) is 1. The highest BCUT2D eigenvalue weighted by atomic mass is 19.3. The Bertz CT molecular complexity index is 275. The lowest BCUT2D eigenvalue weighted by Gasteiger charge is -2.11. The van der Waals surface area contributed by atoms with E-state index in [4.69, 9.17) is 5.73 Å². The molecule has 72 valence electrons. The van der Waals surface area contributed by atoms with Gasteiger partial charge in [-0.25, -0.2) is 13.2 Å². The number of rotatable bonds is 3. The van der Waals surface area contributed by atoms with Crippen LogP contribution >= 0.6 is 0 Å². The van der Waals surface area contributed by atoms with Gasteiger partial charge in [-0.05, 0) is 6.07 Å². The quantitative estimate of drug-likeness (QED) is 0.776. The number of hydrogen-bond acceptors (Lipinski definition) is 1. The van der Waals surface area contributed by atoms with E-state index in [0.717, 1.165) is 0 Å². The summed E-state index contributed by atoms with van der Waals surface area (Å²) in [5.74, 6) is -0.532. The second kappa shape index (κ2) is 4.28. The molecule has 0 amide bonds. The molecular formula is C9H10F3N. The predicted molar refractivity (Wildman–Crippen MR) is 43.9 cm³/mol. The molecule has 13 heavy (non-hydrogen) atoms. The van der Waals surface area contributed by atoms with Gasteiger partial charge in [0.1, 0.15) is 5.82 Å². The summed E-state index contributed by atoms with van der Waals surface area (Å²) in [6.45, 7) is 0. The van der Waals surface area contributed by atoms with Crippen LogP contribution in [0.5, 0.6) is 0 Å². The van der Waals surface area contributed by atoms with Gasteiger partial charge in [-0.15, -0.1) is 0 Å². The molecule has 0 spiro atoms. The van der Waals surface area contributed by atoms with Crippen LogP contribution in [-0.2, 0) is 0 Å². The fourth-order valence-electron chi connectivity index (χ4n) is 1.09. The van der Waals surface area contributed by atoms with E-state index in [9.17, 15) is 13.2 Å². The minimum Gasteiger partial charge on any atom is -0.324 e. The first kappa shape index (κ1) is 10.1. The molecule has 4 heteroatoms. The Morgan fingerprint density at radius 2 is 1.85 bits per heavy atom. The van der Waals surface area contributed by atoms with E-state index in [0.29, 0.717) is 0 Å². The highest BCUT2D eigenvalue weighted by Crippen LogP contribution is 2.20. The van der Waals surface area contributed by atoms with Crippen molar-refractivity contribution >= 4 is 0 Å². The fourth-order valence-corrected chi connectivity index (χ4v) is 1.09. The van der Waals surface area contributed by atoms with Crippen LogP contribution in [0.3, 0.4) is 0 Å². The minimum atomic E-state index is -2.50. The van der Waals surface area contributed by atoms with E-state index in [1.807, 2.05) is 0 Å². The molecule has 0 radical (unpaired) electrons. The highest BCUT2D eigenvalue weighted by Gasteiger charge is 2.15. The zero-order valence-corrected chi connectivity index (χ0v) is 6.88. The lowest BCUT2D eigenvalue weighted by Crippen LogP contribution is -2.15. The van der Waals surface area contributed by atoms with Crippen molar-refractivity contribution in [2.75, 3.05) is 0 Å². The van der Waals surface area contributed by atoms with Crippen molar-refractivity contribution in [1.29, 1.82) is 0 Å². The van der Waals surface area contributed by atoms with E-state index in [1.165, 1.54) is 18.2 Å². The Morgan fingerprint density at radius 1 is 1.23 bits per heavy atom. The average molecular weight is 189 g/mol. The largest absolute Gasteiger partial charge is 0.324 e. The summed E-state index contributed by atoms with van der Waals surface area (Å²) in [6, 6.07) is 4.77. The second-order valence-corrected chi connectivity index (χ2v) is 2.75.